The smallest absolute Gasteiger partial charge is 0.286 e. The van der Waals surface area contributed by atoms with E-state index in [0.29, 0.717) is 11.4 Å². The number of benzene rings is 1. The van der Waals surface area contributed by atoms with Gasteiger partial charge in [-0.1, -0.05) is 34.5 Å². The van der Waals surface area contributed by atoms with E-state index in [1.165, 1.54) is 24.1 Å². The standard InChI is InChI=1S/C17H16BrN3/c18-12-6-4-5-11(9-12)16-13-7-2-1-3-8-15(13)21-17(20)14(16)10-19/h4-6,9H,1-3,7-8H2,(H2,20,21)/p+1. The summed E-state index contributed by atoms with van der Waals surface area (Å²) in [5.74, 6) is 0.480. The molecule has 4 heteroatoms. The summed E-state index contributed by atoms with van der Waals surface area (Å²) in [5, 5.41) is 9.54. The van der Waals surface area contributed by atoms with Crippen molar-refractivity contribution >= 4 is 21.7 Å². The number of fused-ring (bicyclic) bond motifs is 1. The van der Waals surface area contributed by atoms with Gasteiger partial charge in [-0.3, -0.25) is 5.73 Å². The monoisotopic (exact) mass is 342 g/mol. The van der Waals surface area contributed by atoms with Crippen molar-refractivity contribution in [3.8, 4) is 17.2 Å². The second kappa shape index (κ2) is 5.87. The predicted molar refractivity (Wildman–Crippen MR) is 86.5 cm³/mol. The Morgan fingerprint density at radius 1 is 1.19 bits per heavy atom. The molecule has 0 saturated carbocycles. The van der Waals surface area contributed by atoms with Gasteiger partial charge in [-0.05, 0) is 37.0 Å². The molecule has 1 aliphatic carbocycles. The van der Waals surface area contributed by atoms with E-state index in [0.717, 1.165) is 34.9 Å². The van der Waals surface area contributed by atoms with Crippen LogP contribution in [-0.4, -0.2) is 0 Å². The number of aromatic nitrogens is 1. The van der Waals surface area contributed by atoms with E-state index in [1.54, 1.807) is 0 Å². The number of nitrogens with zero attached hydrogens (tertiary/aromatic N) is 1. The summed E-state index contributed by atoms with van der Waals surface area (Å²) in [6.07, 6.45) is 5.57. The Morgan fingerprint density at radius 3 is 2.76 bits per heavy atom. The summed E-state index contributed by atoms with van der Waals surface area (Å²) < 4.78 is 1.01. The van der Waals surface area contributed by atoms with Crippen LogP contribution in [0.5, 0.6) is 0 Å². The molecule has 2 aromatic rings. The number of hydrogen-bond acceptors (Lipinski definition) is 2. The third kappa shape index (κ3) is 2.66. The molecule has 0 aliphatic heterocycles. The first-order valence-corrected chi connectivity index (χ1v) is 8.02. The van der Waals surface area contributed by atoms with Crippen LogP contribution in [0.2, 0.25) is 0 Å². The fourth-order valence-electron chi connectivity index (χ4n) is 3.09. The van der Waals surface area contributed by atoms with Crippen LogP contribution in [0.1, 0.15) is 36.1 Å². The first-order chi connectivity index (χ1) is 10.2. The highest BCUT2D eigenvalue weighted by atomic mass is 79.9. The van der Waals surface area contributed by atoms with Gasteiger partial charge in [-0.2, -0.15) is 5.26 Å². The van der Waals surface area contributed by atoms with E-state index in [9.17, 15) is 5.26 Å². The number of nitrogens with one attached hydrogen (secondary N) is 1. The van der Waals surface area contributed by atoms with Crippen molar-refractivity contribution in [1.82, 2.24) is 0 Å². The van der Waals surface area contributed by atoms with E-state index < -0.39 is 0 Å². The number of nitrogen functional groups attached to an aromatic ring is 1. The van der Waals surface area contributed by atoms with Gasteiger partial charge >= 0.3 is 0 Å². The molecule has 0 atom stereocenters. The number of nitrogens with two attached hydrogens (primary N) is 1. The molecule has 0 unspecified atom stereocenters. The molecule has 3 N–H and O–H groups in total. The van der Waals surface area contributed by atoms with Gasteiger partial charge in [0, 0.05) is 22.0 Å². The summed E-state index contributed by atoms with van der Waals surface area (Å²) in [6.45, 7) is 0. The summed E-state index contributed by atoms with van der Waals surface area (Å²) >= 11 is 3.51. The van der Waals surface area contributed by atoms with Crippen LogP contribution in [0, 0.1) is 11.3 Å². The second-order valence-electron chi connectivity index (χ2n) is 5.43. The Morgan fingerprint density at radius 2 is 2.00 bits per heavy atom. The number of aromatic amines is 1. The van der Waals surface area contributed by atoms with Crippen molar-refractivity contribution in [3.05, 3.63) is 45.6 Å². The summed E-state index contributed by atoms with van der Waals surface area (Å²) in [7, 11) is 0. The van der Waals surface area contributed by atoms with Gasteiger partial charge in [0.25, 0.3) is 5.82 Å². The number of H-pyrrole nitrogens is 1. The number of rotatable bonds is 1. The minimum atomic E-state index is 0.480. The van der Waals surface area contributed by atoms with Crippen LogP contribution in [0.15, 0.2) is 28.7 Å². The third-order valence-corrected chi connectivity index (χ3v) is 4.54. The highest BCUT2D eigenvalue weighted by molar-refractivity contribution is 9.10. The SMILES string of the molecule is N#Cc1c(N)[nH+]c2c(c1-c1cccc(Br)c1)CCCCC2. The van der Waals surface area contributed by atoms with E-state index in [1.807, 2.05) is 18.2 Å². The maximum Gasteiger partial charge on any atom is 0.289 e. The molecule has 0 bridgehead atoms. The molecule has 1 aromatic heterocycles. The van der Waals surface area contributed by atoms with Gasteiger partial charge in [0.05, 0.1) is 0 Å². The number of hydrogen-bond donors (Lipinski definition) is 1. The van der Waals surface area contributed by atoms with Gasteiger partial charge in [0.2, 0.25) is 0 Å². The van der Waals surface area contributed by atoms with Crippen LogP contribution in [0.4, 0.5) is 5.82 Å². The number of pyridine rings is 1. The predicted octanol–water partition coefficient (Wildman–Crippen LogP) is 3.65. The van der Waals surface area contributed by atoms with Crippen LogP contribution < -0.4 is 10.7 Å². The molecule has 1 aromatic carbocycles. The van der Waals surface area contributed by atoms with E-state index >= 15 is 0 Å². The van der Waals surface area contributed by atoms with E-state index in [-0.39, 0.29) is 0 Å². The molecule has 106 valence electrons. The molecular weight excluding hydrogens is 326 g/mol. The Balaban J connectivity index is 2.31. The van der Waals surface area contributed by atoms with Gasteiger partial charge in [0.1, 0.15) is 17.3 Å². The Kier molecular flexibility index (Phi) is 3.94. The van der Waals surface area contributed by atoms with E-state index in [2.05, 4.69) is 33.0 Å². The molecule has 1 aliphatic rings. The lowest BCUT2D eigenvalue weighted by atomic mass is 9.92. The number of halogens is 1. The van der Waals surface area contributed by atoms with Gasteiger partial charge in [0.15, 0.2) is 0 Å². The molecule has 0 fully saturated rings. The number of anilines is 1. The molecule has 0 amide bonds. The zero-order valence-electron chi connectivity index (χ0n) is 11.7. The van der Waals surface area contributed by atoms with Crippen molar-refractivity contribution in [3.63, 3.8) is 0 Å². The van der Waals surface area contributed by atoms with Crippen LogP contribution >= 0.6 is 15.9 Å². The van der Waals surface area contributed by atoms with Crippen molar-refractivity contribution < 1.29 is 4.98 Å². The Hall–Kier alpha value is -1.86. The molecule has 1 heterocycles. The average molecular weight is 343 g/mol. The fraction of sp³-hybridized carbons (Fsp3) is 0.294. The first-order valence-electron chi connectivity index (χ1n) is 7.23. The fourth-order valence-corrected chi connectivity index (χ4v) is 3.48. The van der Waals surface area contributed by atoms with E-state index in [4.69, 9.17) is 5.73 Å². The van der Waals surface area contributed by atoms with Crippen molar-refractivity contribution in [2.75, 3.05) is 5.73 Å². The van der Waals surface area contributed by atoms with Crippen LogP contribution in [0.25, 0.3) is 11.1 Å². The Labute approximate surface area is 132 Å². The molecule has 3 rings (SSSR count). The van der Waals surface area contributed by atoms with Crippen LogP contribution in [-0.2, 0) is 12.8 Å². The minimum Gasteiger partial charge on any atom is -0.286 e. The molecule has 0 radical (unpaired) electrons. The molecule has 21 heavy (non-hydrogen) atoms. The quantitative estimate of drug-likeness (QED) is 0.803. The van der Waals surface area contributed by atoms with Crippen molar-refractivity contribution in [2.24, 2.45) is 0 Å². The normalized spacial score (nSPS) is 14.1. The van der Waals surface area contributed by atoms with Crippen LogP contribution in [0.3, 0.4) is 0 Å². The summed E-state index contributed by atoms with van der Waals surface area (Å²) in [4.78, 5) is 3.26. The van der Waals surface area contributed by atoms with Crippen molar-refractivity contribution in [1.29, 1.82) is 5.26 Å². The molecular formula is C17H17BrN3+. The second-order valence-corrected chi connectivity index (χ2v) is 6.34. The lowest BCUT2D eigenvalue weighted by molar-refractivity contribution is -0.373. The number of nitriles is 1. The highest BCUT2D eigenvalue weighted by Gasteiger charge is 2.24. The highest BCUT2D eigenvalue weighted by Crippen LogP contribution is 2.34. The summed E-state index contributed by atoms with van der Waals surface area (Å²) in [6, 6.07) is 10.4. The number of aryl methyl sites for hydroxylation is 1. The molecule has 3 nitrogen and oxygen atoms in total. The largest absolute Gasteiger partial charge is 0.289 e. The lowest BCUT2D eigenvalue weighted by Gasteiger charge is -2.13. The topological polar surface area (TPSA) is 64.0 Å². The minimum absolute atomic E-state index is 0.480. The lowest BCUT2D eigenvalue weighted by Crippen LogP contribution is -2.21. The third-order valence-electron chi connectivity index (χ3n) is 4.05. The molecule has 0 spiro atoms. The van der Waals surface area contributed by atoms with Gasteiger partial charge in [-0.25, -0.2) is 4.98 Å². The van der Waals surface area contributed by atoms with Gasteiger partial charge in [-0.15, -0.1) is 0 Å². The Bertz CT molecular complexity index is 732. The molecule has 0 saturated heterocycles. The maximum absolute atomic E-state index is 9.54. The summed E-state index contributed by atoms with van der Waals surface area (Å²) in [5.41, 5.74) is 11.2. The zero-order chi connectivity index (χ0) is 14.8. The zero-order valence-corrected chi connectivity index (χ0v) is 13.3. The maximum atomic E-state index is 9.54. The van der Waals surface area contributed by atoms with Gasteiger partial charge < -0.3 is 0 Å². The van der Waals surface area contributed by atoms with Crippen molar-refractivity contribution in [2.45, 2.75) is 32.1 Å². The first kappa shape index (κ1) is 14.1. The average Bonchev–Trinajstić information content (AvgIpc) is 2.70.